The first-order valence-electron chi connectivity index (χ1n) is 4.58. The van der Waals surface area contributed by atoms with E-state index in [-0.39, 0.29) is 0 Å². The smallest absolute Gasteiger partial charge is 0.0269 e. The third-order valence-electron chi connectivity index (χ3n) is 1.72. The van der Waals surface area contributed by atoms with Crippen molar-refractivity contribution in [1.29, 1.82) is 0 Å². The minimum Gasteiger partial charge on any atom is -0.269 e. The highest BCUT2D eigenvalue weighted by molar-refractivity contribution is 5.59. The Bertz CT molecular complexity index is 293. The molecule has 0 saturated heterocycles. The molecule has 0 saturated carbocycles. The lowest BCUT2D eigenvalue weighted by atomic mass is 10.1. The molecule has 0 radical (unpaired) electrons. The van der Waals surface area contributed by atoms with Crippen molar-refractivity contribution in [2.45, 2.75) is 20.3 Å². The van der Waals surface area contributed by atoms with Crippen molar-refractivity contribution in [3.8, 4) is 0 Å². The highest BCUT2D eigenvalue weighted by Crippen LogP contribution is 2.04. The molecule has 0 N–H and O–H groups in total. The minimum atomic E-state index is 0.984. The molecule has 1 aromatic carbocycles. The molecule has 1 heteroatoms. The molecule has 0 amide bonds. The first-order chi connectivity index (χ1) is 6.33. The molecular formula is C12H15N. The zero-order valence-corrected chi connectivity index (χ0v) is 8.20. The van der Waals surface area contributed by atoms with Gasteiger partial charge in [-0.25, -0.2) is 0 Å². The molecule has 0 fully saturated rings. The van der Waals surface area contributed by atoms with Crippen molar-refractivity contribution in [2.24, 2.45) is 4.99 Å². The van der Waals surface area contributed by atoms with E-state index in [2.05, 4.69) is 43.1 Å². The normalized spacial score (nSPS) is 11.5. The molecule has 0 atom stereocenters. The van der Waals surface area contributed by atoms with Crippen molar-refractivity contribution in [3.63, 3.8) is 0 Å². The van der Waals surface area contributed by atoms with E-state index in [0.717, 1.165) is 6.42 Å². The van der Waals surface area contributed by atoms with Crippen LogP contribution in [0.25, 0.3) is 6.08 Å². The number of aliphatic imine (C=N–C) groups is 1. The molecule has 13 heavy (non-hydrogen) atoms. The number of hydrogen-bond donors (Lipinski definition) is 0. The highest BCUT2D eigenvalue weighted by atomic mass is 14.7. The zero-order chi connectivity index (χ0) is 9.52. The van der Waals surface area contributed by atoms with Crippen LogP contribution in [-0.2, 0) is 0 Å². The third kappa shape index (κ3) is 3.70. The van der Waals surface area contributed by atoms with Crippen LogP contribution in [0.1, 0.15) is 24.5 Å². The summed E-state index contributed by atoms with van der Waals surface area (Å²) in [4.78, 5) is 4.10. The zero-order valence-electron chi connectivity index (χ0n) is 8.20. The van der Waals surface area contributed by atoms with Gasteiger partial charge in [0.25, 0.3) is 0 Å². The first kappa shape index (κ1) is 9.72. The van der Waals surface area contributed by atoms with E-state index in [0.29, 0.717) is 0 Å². The van der Waals surface area contributed by atoms with Gasteiger partial charge in [-0.1, -0.05) is 36.8 Å². The average molecular weight is 173 g/mol. The molecule has 1 aromatic rings. The van der Waals surface area contributed by atoms with Crippen molar-refractivity contribution in [1.82, 2.24) is 0 Å². The number of hydrogen-bond acceptors (Lipinski definition) is 1. The van der Waals surface area contributed by atoms with Crippen molar-refractivity contribution < 1.29 is 0 Å². The largest absolute Gasteiger partial charge is 0.269 e. The summed E-state index contributed by atoms with van der Waals surface area (Å²) < 4.78 is 0. The molecule has 1 nitrogen and oxygen atoms in total. The summed E-state index contributed by atoms with van der Waals surface area (Å²) in [6, 6.07) is 8.38. The average Bonchev–Trinajstić information content (AvgIpc) is 2.15. The first-order valence-corrected chi connectivity index (χ1v) is 4.58. The maximum absolute atomic E-state index is 4.10. The van der Waals surface area contributed by atoms with Crippen molar-refractivity contribution in [3.05, 3.63) is 41.6 Å². The molecule has 0 aliphatic carbocycles. The van der Waals surface area contributed by atoms with Gasteiger partial charge >= 0.3 is 0 Å². The summed E-state index contributed by atoms with van der Waals surface area (Å²) >= 11 is 0. The summed E-state index contributed by atoms with van der Waals surface area (Å²) in [7, 11) is 0. The lowest BCUT2D eigenvalue weighted by Crippen LogP contribution is -1.72. The van der Waals surface area contributed by atoms with Gasteiger partial charge in [-0.3, -0.25) is 4.99 Å². The van der Waals surface area contributed by atoms with Gasteiger partial charge in [0.15, 0.2) is 0 Å². The Kier molecular flexibility index (Phi) is 3.97. The Balaban J connectivity index is 2.59. The second kappa shape index (κ2) is 5.31. The molecule has 0 aliphatic heterocycles. The van der Waals surface area contributed by atoms with Crippen LogP contribution >= 0.6 is 0 Å². The van der Waals surface area contributed by atoms with Crippen LogP contribution in [0.2, 0.25) is 0 Å². The van der Waals surface area contributed by atoms with Gasteiger partial charge in [0.05, 0.1) is 0 Å². The molecule has 0 spiro atoms. The number of rotatable bonds is 3. The van der Waals surface area contributed by atoms with Gasteiger partial charge in [0.1, 0.15) is 0 Å². The Morgan fingerprint density at radius 1 is 1.23 bits per heavy atom. The van der Waals surface area contributed by atoms with E-state index >= 15 is 0 Å². The lowest BCUT2D eigenvalue weighted by molar-refractivity contribution is 1.31. The summed E-state index contributed by atoms with van der Waals surface area (Å²) in [6.45, 7) is 4.16. The number of benzene rings is 1. The quantitative estimate of drug-likeness (QED) is 0.621. The Morgan fingerprint density at radius 2 is 1.92 bits per heavy atom. The van der Waals surface area contributed by atoms with Crippen LogP contribution in [0, 0.1) is 6.92 Å². The summed E-state index contributed by atoms with van der Waals surface area (Å²) in [6.07, 6.45) is 6.71. The molecule has 0 bridgehead atoms. The van der Waals surface area contributed by atoms with Crippen LogP contribution in [0.15, 0.2) is 35.5 Å². The standard InChI is InChI=1S/C12H15N/c1-3-9-13-10-8-12-6-4-11(2)5-7-12/h4-10H,3H2,1-2H3/b10-8+,13-9?. The summed E-state index contributed by atoms with van der Waals surface area (Å²) in [5.41, 5.74) is 2.48. The fourth-order valence-corrected chi connectivity index (χ4v) is 0.973. The predicted octanol–water partition coefficient (Wildman–Crippen LogP) is 3.45. The number of aryl methyl sites for hydroxylation is 1. The second-order valence-corrected chi connectivity index (χ2v) is 2.97. The van der Waals surface area contributed by atoms with Crippen molar-refractivity contribution >= 4 is 12.3 Å². The third-order valence-corrected chi connectivity index (χ3v) is 1.72. The van der Waals surface area contributed by atoms with Gasteiger partial charge in [-0.05, 0) is 25.0 Å². The van der Waals surface area contributed by atoms with Gasteiger partial charge in [-0.2, -0.15) is 0 Å². The van der Waals surface area contributed by atoms with Gasteiger partial charge in [0, 0.05) is 12.4 Å². The van der Waals surface area contributed by atoms with Crippen LogP contribution < -0.4 is 0 Å². The maximum atomic E-state index is 4.10. The van der Waals surface area contributed by atoms with Gasteiger partial charge < -0.3 is 0 Å². The topological polar surface area (TPSA) is 12.4 Å². The predicted molar refractivity (Wildman–Crippen MR) is 59.0 cm³/mol. The van der Waals surface area contributed by atoms with E-state index in [9.17, 15) is 0 Å². The molecule has 0 unspecified atom stereocenters. The van der Waals surface area contributed by atoms with E-state index < -0.39 is 0 Å². The van der Waals surface area contributed by atoms with Crippen LogP contribution in [-0.4, -0.2) is 6.21 Å². The SMILES string of the molecule is CCC=N/C=C/c1ccc(C)cc1. The monoisotopic (exact) mass is 173 g/mol. The summed E-state index contributed by atoms with van der Waals surface area (Å²) in [5.74, 6) is 0. The molecule has 0 heterocycles. The van der Waals surface area contributed by atoms with Gasteiger partial charge in [-0.15, -0.1) is 0 Å². The van der Waals surface area contributed by atoms with Crippen LogP contribution in [0.5, 0.6) is 0 Å². The fraction of sp³-hybridized carbons (Fsp3) is 0.250. The molecule has 0 aliphatic rings. The maximum Gasteiger partial charge on any atom is 0.0269 e. The van der Waals surface area contributed by atoms with E-state index in [1.807, 2.05) is 18.5 Å². The molecule has 0 aromatic heterocycles. The molecule has 68 valence electrons. The van der Waals surface area contributed by atoms with E-state index in [1.54, 1.807) is 0 Å². The Labute approximate surface area is 79.8 Å². The van der Waals surface area contributed by atoms with Crippen LogP contribution in [0.4, 0.5) is 0 Å². The minimum absolute atomic E-state index is 0.984. The van der Waals surface area contributed by atoms with E-state index in [4.69, 9.17) is 0 Å². The lowest BCUT2D eigenvalue weighted by Gasteiger charge is -1.92. The van der Waals surface area contributed by atoms with Gasteiger partial charge in [0.2, 0.25) is 0 Å². The fourth-order valence-electron chi connectivity index (χ4n) is 0.973. The molecular weight excluding hydrogens is 158 g/mol. The van der Waals surface area contributed by atoms with Crippen LogP contribution in [0.3, 0.4) is 0 Å². The molecule has 1 rings (SSSR count). The highest BCUT2D eigenvalue weighted by Gasteiger charge is 1.84. The number of nitrogens with zero attached hydrogens (tertiary/aromatic N) is 1. The van der Waals surface area contributed by atoms with Crippen molar-refractivity contribution in [2.75, 3.05) is 0 Å². The second-order valence-electron chi connectivity index (χ2n) is 2.97. The Hall–Kier alpha value is -1.37. The summed E-state index contributed by atoms with van der Waals surface area (Å²) in [5, 5.41) is 0. The Morgan fingerprint density at radius 3 is 2.54 bits per heavy atom. The van der Waals surface area contributed by atoms with E-state index in [1.165, 1.54) is 11.1 Å².